The minimum Gasteiger partial charge on any atom is -0.475 e. The molecule has 0 radical (unpaired) electrons. The van der Waals surface area contributed by atoms with Gasteiger partial charge in [-0.15, -0.1) is 0 Å². The second kappa shape index (κ2) is 9.34. The van der Waals surface area contributed by atoms with Gasteiger partial charge in [-0.3, -0.25) is 9.78 Å². The number of rotatable bonds is 3. The van der Waals surface area contributed by atoms with Crippen LogP contribution in [0.4, 0.5) is 13.2 Å². The largest absolute Gasteiger partial charge is 0.490 e. The van der Waals surface area contributed by atoms with E-state index in [9.17, 15) is 18.0 Å². The van der Waals surface area contributed by atoms with Crippen molar-refractivity contribution in [3.05, 3.63) is 84.4 Å². The van der Waals surface area contributed by atoms with E-state index >= 15 is 0 Å². The number of hydrogen-bond acceptors (Lipinski definition) is 4. The molecule has 174 valence electrons. The van der Waals surface area contributed by atoms with E-state index in [2.05, 4.69) is 33.5 Å². The second-order valence-electron chi connectivity index (χ2n) is 7.63. The third-order valence-corrected chi connectivity index (χ3v) is 5.46. The van der Waals surface area contributed by atoms with E-state index in [1.54, 1.807) is 12.4 Å². The number of fused-ring (bicyclic) bond motifs is 1. The summed E-state index contributed by atoms with van der Waals surface area (Å²) in [7, 11) is 0. The summed E-state index contributed by atoms with van der Waals surface area (Å²) in [5.41, 5.74) is 5.15. The van der Waals surface area contributed by atoms with Crippen molar-refractivity contribution in [2.24, 2.45) is 0 Å². The lowest BCUT2D eigenvalue weighted by Gasteiger charge is -2.14. The minimum atomic E-state index is -5.08. The predicted molar refractivity (Wildman–Crippen MR) is 118 cm³/mol. The molecule has 2 unspecified atom stereocenters. The molecule has 3 N–H and O–H groups in total. The fourth-order valence-corrected chi connectivity index (χ4v) is 3.85. The molecule has 3 heterocycles. The first kappa shape index (κ1) is 23.0. The van der Waals surface area contributed by atoms with Crippen molar-refractivity contribution in [1.82, 2.24) is 20.3 Å². The lowest BCUT2D eigenvalue weighted by molar-refractivity contribution is -0.192. The topological polar surface area (TPSA) is 108 Å². The van der Waals surface area contributed by atoms with Crippen LogP contribution in [0.1, 0.15) is 23.2 Å². The highest BCUT2D eigenvalue weighted by Gasteiger charge is 2.39. The number of carboxylic acids is 1. The van der Waals surface area contributed by atoms with E-state index in [-0.39, 0.29) is 17.7 Å². The number of carboxylic acid groups (broad SMARTS) is 1. The molecule has 34 heavy (non-hydrogen) atoms. The number of H-pyrrole nitrogens is 1. The summed E-state index contributed by atoms with van der Waals surface area (Å²) in [4.78, 5) is 33.6. The summed E-state index contributed by atoms with van der Waals surface area (Å²) < 4.78 is 31.7. The van der Waals surface area contributed by atoms with Crippen LogP contribution in [0, 0.1) is 0 Å². The molecule has 2 aromatic heterocycles. The Morgan fingerprint density at radius 3 is 2.32 bits per heavy atom. The van der Waals surface area contributed by atoms with Gasteiger partial charge in [-0.2, -0.15) is 13.2 Å². The van der Waals surface area contributed by atoms with Crippen molar-refractivity contribution in [1.29, 1.82) is 0 Å². The smallest absolute Gasteiger partial charge is 0.475 e. The molecule has 1 fully saturated rings. The fraction of sp³-hybridized carbons (Fsp3) is 0.167. The highest BCUT2D eigenvalue weighted by atomic mass is 19.4. The summed E-state index contributed by atoms with van der Waals surface area (Å²) in [6, 6.07) is 20.2. The Labute approximate surface area is 191 Å². The number of nitrogens with zero attached hydrogens (tertiary/aromatic N) is 2. The molecule has 5 rings (SSSR count). The van der Waals surface area contributed by atoms with Gasteiger partial charge in [-0.05, 0) is 41.0 Å². The number of imidazole rings is 1. The Balaban J connectivity index is 0.000000344. The van der Waals surface area contributed by atoms with Gasteiger partial charge in [0.1, 0.15) is 11.7 Å². The molecule has 1 aliphatic rings. The lowest BCUT2D eigenvalue weighted by Crippen LogP contribution is -2.21. The van der Waals surface area contributed by atoms with Gasteiger partial charge in [0, 0.05) is 24.9 Å². The molecule has 7 nitrogen and oxygen atoms in total. The Morgan fingerprint density at radius 1 is 1.00 bits per heavy atom. The van der Waals surface area contributed by atoms with Crippen LogP contribution in [0.3, 0.4) is 0 Å². The molecule has 4 aromatic rings. The van der Waals surface area contributed by atoms with Gasteiger partial charge in [-0.1, -0.05) is 36.4 Å². The normalized spacial score (nSPS) is 17.7. The number of benzene rings is 2. The maximum atomic E-state index is 12.5. The van der Waals surface area contributed by atoms with Gasteiger partial charge in [0.05, 0.1) is 11.0 Å². The molecule has 10 heteroatoms. The van der Waals surface area contributed by atoms with Gasteiger partial charge >= 0.3 is 12.1 Å². The van der Waals surface area contributed by atoms with Gasteiger partial charge < -0.3 is 15.4 Å². The third-order valence-electron chi connectivity index (χ3n) is 5.46. The van der Waals surface area contributed by atoms with E-state index in [0.717, 1.165) is 33.5 Å². The Kier molecular flexibility index (Phi) is 6.31. The first-order valence-electron chi connectivity index (χ1n) is 10.3. The zero-order chi connectivity index (χ0) is 24.3. The number of aliphatic carboxylic acids is 1. The zero-order valence-electron chi connectivity index (χ0n) is 17.6. The highest BCUT2D eigenvalue weighted by Crippen LogP contribution is 2.36. The summed E-state index contributed by atoms with van der Waals surface area (Å²) in [6.45, 7) is 0.632. The Hall–Kier alpha value is -4.21. The first-order valence-corrected chi connectivity index (χ1v) is 10.3. The number of aromatic amines is 1. The number of pyridine rings is 1. The molecule has 2 atom stereocenters. The summed E-state index contributed by atoms with van der Waals surface area (Å²) in [5, 5.41) is 10.1. The van der Waals surface area contributed by atoms with Gasteiger partial charge in [0.15, 0.2) is 0 Å². The van der Waals surface area contributed by atoms with Crippen molar-refractivity contribution >= 4 is 22.9 Å². The molecule has 0 spiro atoms. The molecule has 1 saturated heterocycles. The van der Waals surface area contributed by atoms with Gasteiger partial charge in [0.2, 0.25) is 5.91 Å². The monoisotopic (exact) mass is 468 g/mol. The SMILES string of the molecule is O=C(O)C(F)(F)F.O=C1NCC(c2ccccc2)C1c1nc2ccc(-c3ccncc3)cc2[nH]1. The van der Waals surface area contributed by atoms with E-state index in [4.69, 9.17) is 14.9 Å². The lowest BCUT2D eigenvalue weighted by atomic mass is 9.88. The molecular weight excluding hydrogens is 449 g/mol. The van der Waals surface area contributed by atoms with Crippen molar-refractivity contribution in [2.45, 2.75) is 18.0 Å². The molecule has 2 aromatic carbocycles. The first-order chi connectivity index (χ1) is 16.2. The summed E-state index contributed by atoms with van der Waals surface area (Å²) in [6.07, 6.45) is -1.52. The summed E-state index contributed by atoms with van der Waals surface area (Å²) in [5.74, 6) is -2.23. The number of alkyl halides is 3. The molecule has 0 bridgehead atoms. The quantitative estimate of drug-likeness (QED) is 0.417. The number of nitrogens with one attached hydrogen (secondary N) is 2. The number of amides is 1. The van der Waals surface area contributed by atoms with Crippen LogP contribution < -0.4 is 5.32 Å². The van der Waals surface area contributed by atoms with Crippen LogP contribution in [0.25, 0.3) is 22.2 Å². The van der Waals surface area contributed by atoms with E-state index in [1.165, 1.54) is 0 Å². The zero-order valence-corrected chi connectivity index (χ0v) is 17.6. The van der Waals surface area contributed by atoms with E-state index in [1.807, 2.05) is 42.5 Å². The number of carbonyl (C=O) groups excluding carboxylic acids is 1. The highest BCUT2D eigenvalue weighted by molar-refractivity contribution is 5.88. The van der Waals surface area contributed by atoms with Crippen LogP contribution in [-0.2, 0) is 9.59 Å². The van der Waals surface area contributed by atoms with Crippen LogP contribution in [-0.4, -0.2) is 44.7 Å². The van der Waals surface area contributed by atoms with Crippen molar-refractivity contribution in [3.63, 3.8) is 0 Å². The Morgan fingerprint density at radius 2 is 1.68 bits per heavy atom. The van der Waals surface area contributed by atoms with Crippen LogP contribution in [0.5, 0.6) is 0 Å². The maximum absolute atomic E-state index is 12.5. The Bertz CT molecular complexity index is 1310. The molecule has 0 saturated carbocycles. The molecular formula is C24H19F3N4O3. The van der Waals surface area contributed by atoms with Crippen LogP contribution in [0.2, 0.25) is 0 Å². The maximum Gasteiger partial charge on any atom is 0.490 e. The number of hydrogen-bond donors (Lipinski definition) is 3. The predicted octanol–water partition coefficient (Wildman–Crippen LogP) is 4.26. The summed E-state index contributed by atoms with van der Waals surface area (Å²) >= 11 is 0. The number of carbonyl (C=O) groups is 2. The average Bonchev–Trinajstić information content (AvgIpc) is 3.42. The fourth-order valence-electron chi connectivity index (χ4n) is 3.85. The van der Waals surface area contributed by atoms with Crippen molar-refractivity contribution in [2.75, 3.05) is 6.54 Å². The number of halogens is 3. The van der Waals surface area contributed by atoms with Crippen LogP contribution >= 0.6 is 0 Å². The van der Waals surface area contributed by atoms with E-state index in [0.29, 0.717) is 6.54 Å². The number of aromatic nitrogens is 3. The van der Waals surface area contributed by atoms with Crippen molar-refractivity contribution < 1.29 is 27.9 Å². The van der Waals surface area contributed by atoms with Gasteiger partial charge in [-0.25, -0.2) is 9.78 Å². The standard InChI is InChI=1S/C22H18N4O.C2HF3O2/c27-22-20(17(13-24-22)15-4-2-1-3-5-15)21-25-18-7-6-16(12-19(18)26-21)14-8-10-23-11-9-14;3-2(4,5)1(6)7/h1-12,17,20H,13H2,(H,24,27)(H,25,26);(H,6,7). The molecule has 1 amide bonds. The third kappa shape index (κ3) is 4.90. The minimum absolute atomic E-state index is 0.0252. The second-order valence-corrected chi connectivity index (χ2v) is 7.63. The average molecular weight is 468 g/mol. The molecule has 1 aliphatic heterocycles. The van der Waals surface area contributed by atoms with Crippen LogP contribution in [0.15, 0.2) is 73.1 Å². The van der Waals surface area contributed by atoms with Gasteiger partial charge in [0.25, 0.3) is 0 Å². The molecule has 0 aliphatic carbocycles. The van der Waals surface area contributed by atoms with Crippen molar-refractivity contribution in [3.8, 4) is 11.1 Å². The van der Waals surface area contributed by atoms with E-state index < -0.39 is 12.1 Å².